The average Bonchev–Trinajstić information content (AvgIpc) is 2.17. The van der Waals surface area contributed by atoms with Gasteiger partial charge in [0.25, 0.3) is 0 Å². The van der Waals surface area contributed by atoms with E-state index in [0.29, 0.717) is 18.5 Å². The van der Waals surface area contributed by atoms with Crippen LogP contribution < -0.4 is 0 Å². The highest BCUT2D eigenvalue weighted by molar-refractivity contribution is 7.58. The van der Waals surface area contributed by atoms with Gasteiger partial charge in [0.05, 0.1) is 0 Å². The summed E-state index contributed by atoms with van der Waals surface area (Å²) in [5.41, 5.74) is 0. The summed E-state index contributed by atoms with van der Waals surface area (Å²) in [5, 5.41) is 0. The minimum atomic E-state index is -0.532. The van der Waals surface area contributed by atoms with Gasteiger partial charge >= 0.3 is 0 Å². The van der Waals surface area contributed by atoms with Gasteiger partial charge in [0, 0.05) is 18.2 Å². The molecule has 0 aliphatic carbocycles. The molecule has 0 unspecified atom stereocenters. The number of hydrogen-bond acceptors (Lipinski definition) is 3. The summed E-state index contributed by atoms with van der Waals surface area (Å²) < 4.78 is 0. The van der Waals surface area contributed by atoms with Gasteiger partial charge in [-0.2, -0.15) is 0 Å². The van der Waals surface area contributed by atoms with Crippen LogP contribution in [0.5, 0.6) is 0 Å². The van der Waals surface area contributed by atoms with Crippen LogP contribution in [0.1, 0.15) is 0 Å². The van der Waals surface area contributed by atoms with E-state index < -0.39 is 7.92 Å². The van der Waals surface area contributed by atoms with Crippen LogP contribution in [0.4, 0.5) is 0 Å². The lowest BCUT2D eigenvalue weighted by Crippen LogP contribution is -1.89. The highest BCUT2D eigenvalue weighted by Crippen LogP contribution is 2.34. The highest BCUT2D eigenvalue weighted by atomic mass is 35.5. The van der Waals surface area contributed by atoms with Crippen molar-refractivity contribution in [1.29, 1.82) is 0 Å². The van der Waals surface area contributed by atoms with Crippen LogP contribution >= 0.6 is 20.3 Å². The van der Waals surface area contributed by atoms with Crippen molar-refractivity contribution in [2.45, 2.75) is 0 Å². The third-order valence-electron chi connectivity index (χ3n) is 1.30. The van der Waals surface area contributed by atoms with E-state index in [1.54, 1.807) is 17.8 Å². The van der Waals surface area contributed by atoms with E-state index in [-0.39, 0.29) is 12.4 Å². The first-order valence-corrected chi connectivity index (χ1v) is 5.55. The van der Waals surface area contributed by atoms with E-state index in [9.17, 15) is 14.4 Å². The van der Waals surface area contributed by atoms with E-state index in [2.05, 4.69) is 0 Å². The lowest BCUT2D eigenvalue weighted by Gasteiger charge is -2.07. The van der Waals surface area contributed by atoms with Crippen LogP contribution in [0.15, 0.2) is 18.2 Å². The normalized spacial score (nSPS) is 9.43. The Morgan fingerprint density at radius 3 is 1.29 bits per heavy atom. The van der Waals surface area contributed by atoms with Gasteiger partial charge in [-0.1, -0.05) is 7.92 Å². The predicted molar refractivity (Wildman–Crippen MR) is 59.6 cm³/mol. The van der Waals surface area contributed by atoms with Crippen LogP contribution in [0.3, 0.4) is 0 Å². The maximum absolute atomic E-state index is 9.91. The molecule has 0 atom stereocenters. The van der Waals surface area contributed by atoms with Crippen LogP contribution in [0.2, 0.25) is 0 Å². The fourth-order valence-electron chi connectivity index (χ4n) is 0.723. The van der Waals surface area contributed by atoms with Crippen molar-refractivity contribution in [3.63, 3.8) is 0 Å². The molecule has 0 saturated carbocycles. The molecule has 14 heavy (non-hydrogen) atoms. The molecule has 3 nitrogen and oxygen atoms in total. The molecule has 0 radical (unpaired) electrons. The minimum Gasteiger partial charge on any atom is -0.234 e. The fourth-order valence-corrected chi connectivity index (χ4v) is 2.17. The molecule has 0 aliphatic heterocycles. The van der Waals surface area contributed by atoms with Crippen molar-refractivity contribution in [2.24, 2.45) is 0 Å². The summed E-state index contributed by atoms with van der Waals surface area (Å²) in [4.78, 5) is 29.7. The van der Waals surface area contributed by atoms with Crippen molar-refractivity contribution >= 4 is 38.2 Å². The number of hydrogen-bond donors (Lipinski definition) is 0. The van der Waals surface area contributed by atoms with Gasteiger partial charge in [-0.3, -0.25) is 0 Å². The second-order valence-corrected chi connectivity index (χ2v) is 4.62. The molecule has 0 amide bonds. The van der Waals surface area contributed by atoms with Crippen molar-refractivity contribution in [3.8, 4) is 0 Å². The summed E-state index contributed by atoms with van der Waals surface area (Å²) in [5.74, 6) is 5.00. The van der Waals surface area contributed by atoms with Gasteiger partial charge in [-0.15, -0.1) is 12.4 Å². The van der Waals surface area contributed by atoms with E-state index in [4.69, 9.17) is 0 Å². The minimum absolute atomic E-state index is 0. The molecule has 76 valence electrons. The number of carbonyl (C=O) groups excluding carboxylic acids is 3. The lowest BCUT2D eigenvalue weighted by molar-refractivity contribution is 0.568. The molecule has 0 aliphatic rings. The second-order valence-electron chi connectivity index (χ2n) is 2.18. The smallest absolute Gasteiger partial charge is 0.120 e. The van der Waals surface area contributed by atoms with Gasteiger partial charge in [-0.25, -0.2) is 14.4 Å². The summed E-state index contributed by atoms with van der Waals surface area (Å²) in [6.45, 7) is 0. The maximum atomic E-state index is 9.91. The fraction of sp³-hybridized carbons (Fsp3) is 0.333. The second kappa shape index (κ2) is 12.1. The molecule has 0 aromatic heterocycles. The van der Waals surface area contributed by atoms with Crippen LogP contribution in [-0.2, 0) is 14.4 Å². The molecule has 0 N–H and O–H groups in total. The van der Waals surface area contributed by atoms with Crippen LogP contribution in [0, 0.1) is 0 Å². The van der Waals surface area contributed by atoms with Crippen LogP contribution in [-0.4, -0.2) is 36.3 Å². The lowest BCUT2D eigenvalue weighted by atomic mass is 10.7. The Kier molecular flexibility index (Phi) is 13.4. The van der Waals surface area contributed by atoms with Crippen molar-refractivity contribution in [3.05, 3.63) is 18.2 Å². The molecular formula is C9H10ClO3P. The van der Waals surface area contributed by atoms with Gasteiger partial charge in [-0.05, 0) is 18.5 Å². The Labute approximate surface area is 89.7 Å². The molecule has 0 heterocycles. The molecule has 0 saturated heterocycles. The maximum Gasteiger partial charge on any atom is 0.120 e. The Bertz CT molecular complexity index is 237. The molecule has 0 fully saturated rings. The zero-order chi connectivity index (χ0) is 9.94. The van der Waals surface area contributed by atoms with Gasteiger partial charge in [0.2, 0.25) is 0 Å². The van der Waals surface area contributed by atoms with Gasteiger partial charge in [0.15, 0.2) is 0 Å². The SMILES string of the molecule is Cl.O=C=CCP(CC=C=O)CC=C=O. The summed E-state index contributed by atoms with van der Waals surface area (Å²) in [6.07, 6.45) is 5.87. The zero-order valence-corrected chi connectivity index (χ0v) is 9.14. The molecule has 0 rings (SSSR count). The summed E-state index contributed by atoms with van der Waals surface area (Å²) in [6, 6.07) is 0. The summed E-state index contributed by atoms with van der Waals surface area (Å²) >= 11 is 0. The monoisotopic (exact) mass is 232 g/mol. The van der Waals surface area contributed by atoms with E-state index in [0.717, 1.165) is 0 Å². The molecule has 0 aromatic rings. The first kappa shape index (κ1) is 15.5. The van der Waals surface area contributed by atoms with Gasteiger partial charge in [0.1, 0.15) is 17.8 Å². The first-order valence-electron chi connectivity index (χ1n) is 3.65. The standard InChI is InChI=1S/C9H9O3P.ClH/c10-4-1-7-13(8-2-5-11)9-3-6-12;/h1-3H,7-9H2;1H. The Hall–Kier alpha value is -0.930. The third-order valence-corrected chi connectivity index (χ3v) is 3.40. The summed E-state index contributed by atoms with van der Waals surface area (Å²) in [7, 11) is -0.532. The van der Waals surface area contributed by atoms with E-state index in [1.807, 2.05) is 0 Å². The van der Waals surface area contributed by atoms with Crippen molar-refractivity contribution < 1.29 is 14.4 Å². The van der Waals surface area contributed by atoms with E-state index in [1.165, 1.54) is 18.2 Å². The van der Waals surface area contributed by atoms with Crippen molar-refractivity contribution in [2.75, 3.05) is 18.5 Å². The number of allylic oxidation sites excluding steroid dienone is 3. The quantitative estimate of drug-likeness (QED) is 0.508. The molecular weight excluding hydrogens is 223 g/mol. The largest absolute Gasteiger partial charge is 0.234 e. The van der Waals surface area contributed by atoms with E-state index >= 15 is 0 Å². The highest BCUT2D eigenvalue weighted by Gasteiger charge is 2.02. The Morgan fingerprint density at radius 1 is 0.786 bits per heavy atom. The topological polar surface area (TPSA) is 51.2 Å². The number of halogens is 1. The average molecular weight is 233 g/mol. The Balaban J connectivity index is 0. The Morgan fingerprint density at radius 2 is 1.07 bits per heavy atom. The first-order chi connectivity index (χ1) is 6.35. The zero-order valence-electron chi connectivity index (χ0n) is 7.43. The molecule has 0 bridgehead atoms. The number of rotatable bonds is 6. The van der Waals surface area contributed by atoms with Crippen molar-refractivity contribution in [1.82, 2.24) is 0 Å². The molecule has 0 spiro atoms. The van der Waals surface area contributed by atoms with Crippen LogP contribution in [0.25, 0.3) is 0 Å². The predicted octanol–water partition coefficient (Wildman–Crippen LogP) is 1.05. The molecule has 5 heteroatoms. The van der Waals surface area contributed by atoms with Gasteiger partial charge < -0.3 is 0 Å². The third kappa shape index (κ3) is 9.16. The molecule has 0 aromatic carbocycles.